The molecule has 122 valence electrons. The number of pyridine rings is 1. The quantitative estimate of drug-likeness (QED) is 0.883. The minimum absolute atomic E-state index is 0.237. The van der Waals surface area contributed by atoms with Crippen LogP contribution in [0.25, 0.3) is 0 Å². The van der Waals surface area contributed by atoms with E-state index in [0.717, 1.165) is 31.0 Å². The van der Waals surface area contributed by atoms with Gasteiger partial charge in [0.1, 0.15) is 12.4 Å². The highest BCUT2D eigenvalue weighted by Crippen LogP contribution is 2.21. The van der Waals surface area contributed by atoms with Gasteiger partial charge in [-0.2, -0.15) is 0 Å². The van der Waals surface area contributed by atoms with Gasteiger partial charge in [-0.05, 0) is 42.8 Å². The third-order valence-electron chi connectivity index (χ3n) is 4.17. The van der Waals surface area contributed by atoms with Crippen LogP contribution >= 0.6 is 11.6 Å². The highest BCUT2D eigenvalue weighted by atomic mass is 35.5. The summed E-state index contributed by atoms with van der Waals surface area (Å²) in [5, 5.41) is 10.9. The van der Waals surface area contributed by atoms with E-state index in [1.165, 1.54) is 0 Å². The summed E-state index contributed by atoms with van der Waals surface area (Å²) in [6.45, 7) is 2.98. The van der Waals surface area contributed by atoms with E-state index in [1.807, 2.05) is 42.5 Å². The molecule has 5 heteroatoms. The third-order valence-corrected chi connectivity index (χ3v) is 4.42. The zero-order chi connectivity index (χ0) is 16.1. The highest BCUT2D eigenvalue weighted by molar-refractivity contribution is 6.30. The molecule has 0 amide bonds. The molecule has 1 aromatic heterocycles. The Kier molecular flexibility index (Phi) is 5.49. The number of halogens is 1. The van der Waals surface area contributed by atoms with E-state index >= 15 is 0 Å². The Labute approximate surface area is 141 Å². The van der Waals surface area contributed by atoms with Crippen LogP contribution in [-0.2, 0) is 6.42 Å². The average Bonchev–Trinajstić information content (AvgIpc) is 2.90. The van der Waals surface area contributed by atoms with Crippen molar-refractivity contribution in [3.8, 4) is 5.75 Å². The Bertz CT molecular complexity index is 606. The van der Waals surface area contributed by atoms with E-state index in [4.69, 9.17) is 16.3 Å². The van der Waals surface area contributed by atoms with Crippen molar-refractivity contribution in [3.63, 3.8) is 0 Å². The zero-order valence-corrected chi connectivity index (χ0v) is 13.7. The molecule has 3 rings (SSSR count). The topological polar surface area (TPSA) is 45.6 Å². The fraction of sp³-hybridized carbons (Fsp3) is 0.389. The number of rotatable bonds is 6. The lowest BCUT2D eigenvalue weighted by atomic mass is 10.00. The Morgan fingerprint density at radius 3 is 2.74 bits per heavy atom. The van der Waals surface area contributed by atoms with Gasteiger partial charge in [0, 0.05) is 42.5 Å². The van der Waals surface area contributed by atoms with Gasteiger partial charge in [0.05, 0.1) is 6.10 Å². The lowest BCUT2D eigenvalue weighted by Gasteiger charge is -2.16. The molecule has 1 aliphatic rings. The second-order valence-electron chi connectivity index (χ2n) is 5.91. The molecule has 2 heterocycles. The largest absolute Gasteiger partial charge is 0.492 e. The third kappa shape index (κ3) is 4.67. The van der Waals surface area contributed by atoms with Gasteiger partial charge >= 0.3 is 0 Å². The van der Waals surface area contributed by atoms with Gasteiger partial charge in [-0.1, -0.05) is 17.7 Å². The van der Waals surface area contributed by atoms with Crippen molar-refractivity contribution in [1.82, 2.24) is 9.88 Å². The maximum atomic E-state index is 10.2. The van der Waals surface area contributed by atoms with Crippen molar-refractivity contribution >= 4 is 11.6 Å². The van der Waals surface area contributed by atoms with Crippen molar-refractivity contribution in [2.75, 3.05) is 26.2 Å². The van der Waals surface area contributed by atoms with Crippen LogP contribution in [0.5, 0.6) is 5.75 Å². The molecule has 4 nitrogen and oxygen atoms in total. The monoisotopic (exact) mass is 332 g/mol. The second kappa shape index (κ2) is 7.77. The van der Waals surface area contributed by atoms with Crippen molar-refractivity contribution in [2.24, 2.45) is 5.92 Å². The van der Waals surface area contributed by atoms with Gasteiger partial charge in [-0.3, -0.25) is 9.88 Å². The van der Waals surface area contributed by atoms with E-state index in [-0.39, 0.29) is 12.0 Å². The number of aliphatic hydroxyl groups is 1. The SMILES string of the molecule is O[C@@H]1CN(CCOc2ccc(Cl)cc2)C[C@H]1Cc1ccccn1. The number of likely N-dealkylation sites (tertiary alicyclic amines) is 1. The molecule has 1 fully saturated rings. The van der Waals surface area contributed by atoms with E-state index < -0.39 is 0 Å². The van der Waals surface area contributed by atoms with Crippen LogP contribution in [0.2, 0.25) is 5.02 Å². The summed E-state index contributed by atoms with van der Waals surface area (Å²) in [5.74, 6) is 1.06. The van der Waals surface area contributed by atoms with E-state index in [1.54, 1.807) is 6.20 Å². The number of nitrogens with zero attached hydrogens (tertiary/aromatic N) is 2. The van der Waals surface area contributed by atoms with E-state index in [2.05, 4.69) is 9.88 Å². The van der Waals surface area contributed by atoms with Crippen LogP contribution in [0.3, 0.4) is 0 Å². The predicted molar refractivity (Wildman–Crippen MR) is 90.8 cm³/mol. The molecule has 1 aromatic carbocycles. The number of β-amino-alcohol motifs (C(OH)–C–C–N with tert-alkyl or cyclic N) is 1. The summed E-state index contributed by atoms with van der Waals surface area (Å²) in [5.41, 5.74) is 1.04. The highest BCUT2D eigenvalue weighted by Gasteiger charge is 2.31. The smallest absolute Gasteiger partial charge is 0.119 e. The Hall–Kier alpha value is -1.62. The molecule has 2 aromatic rings. The zero-order valence-electron chi connectivity index (χ0n) is 12.9. The standard InChI is InChI=1S/C18H21ClN2O2/c19-15-4-6-17(7-5-15)23-10-9-21-12-14(18(22)13-21)11-16-3-1-2-8-20-16/h1-8,14,18,22H,9-13H2/t14-,18-/m1/s1. The number of hydrogen-bond acceptors (Lipinski definition) is 4. The van der Waals surface area contributed by atoms with Gasteiger partial charge in [0.2, 0.25) is 0 Å². The van der Waals surface area contributed by atoms with Crippen LogP contribution < -0.4 is 4.74 Å². The van der Waals surface area contributed by atoms with Crippen LogP contribution in [0.15, 0.2) is 48.7 Å². The number of benzene rings is 1. The fourth-order valence-electron chi connectivity index (χ4n) is 2.94. The maximum absolute atomic E-state index is 10.2. The van der Waals surface area contributed by atoms with Crippen LogP contribution in [0.4, 0.5) is 0 Å². The molecule has 0 aliphatic carbocycles. The number of aromatic nitrogens is 1. The van der Waals surface area contributed by atoms with Gasteiger partial charge in [0.15, 0.2) is 0 Å². The number of aliphatic hydroxyl groups excluding tert-OH is 1. The van der Waals surface area contributed by atoms with Crippen molar-refractivity contribution in [2.45, 2.75) is 12.5 Å². The van der Waals surface area contributed by atoms with Gasteiger partial charge in [-0.25, -0.2) is 0 Å². The summed E-state index contributed by atoms with van der Waals surface area (Å²) in [6, 6.07) is 13.3. The number of ether oxygens (including phenoxy) is 1. The molecule has 1 aliphatic heterocycles. The summed E-state index contributed by atoms with van der Waals surface area (Å²) in [4.78, 5) is 6.59. The molecular weight excluding hydrogens is 312 g/mol. The lowest BCUT2D eigenvalue weighted by molar-refractivity contribution is 0.139. The molecule has 0 bridgehead atoms. The Morgan fingerprint density at radius 1 is 1.17 bits per heavy atom. The van der Waals surface area contributed by atoms with Crippen LogP contribution in [0, 0.1) is 5.92 Å². The maximum Gasteiger partial charge on any atom is 0.119 e. The molecule has 0 unspecified atom stereocenters. The first-order valence-corrected chi connectivity index (χ1v) is 8.27. The average molecular weight is 333 g/mol. The molecule has 1 N–H and O–H groups in total. The van der Waals surface area contributed by atoms with Crippen molar-refractivity contribution in [3.05, 3.63) is 59.4 Å². The first kappa shape index (κ1) is 16.2. The summed E-state index contributed by atoms with van der Waals surface area (Å²) >= 11 is 5.85. The Morgan fingerprint density at radius 2 is 2.00 bits per heavy atom. The molecule has 0 saturated carbocycles. The lowest BCUT2D eigenvalue weighted by Crippen LogP contribution is -2.27. The summed E-state index contributed by atoms with van der Waals surface area (Å²) in [6.07, 6.45) is 2.32. The summed E-state index contributed by atoms with van der Waals surface area (Å²) < 4.78 is 5.72. The van der Waals surface area contributed by atoms with Crippen LogP contribution in [0.1, 0.15) is 5.69 Å². The predicted octanol–water partition coefficient (Wildman–Crippen LogP) is 2.65. The molecule has 0 radical (unpaired) electrons. The van der Waals surface area contributed by atoms with Crippen LogP contribution in [-0.4, -0.2) is 47.3 Å². The van der Waals surface area contributed by atoms with Crippen molar-refractivity contribution < 1.29 is 9.84 Å². The van der Waals surface area contributed by atoms with E-state index in [9.17, 15) is 5.11 Å². The molecule has 2 atom stereocenters. The Balaban J connectivity index is 1.44. The number of hydrogen-bond donors (Lipinski definition) is 1. The first-order valence-electron chi connectivity index (χ1n) is 7.89. The first-order chi connectivity index (χ1) is 11.2. The van der Waals surface area contributed by atoms with Gasteiger partial charge in [0.25, 0.3) is 0 Å². The minimum Gasteiger partial charge on any atom is -0.492 e. The molecule has 0 spiro atoms. The minimum atomic E-state index is -0.299. The molecule has 1 saturated heterocycles. The van der Waals surface area contributed by atoms with Crippen molar-refractivity contribution in [1.29, 1.82) is 0 Å². The van der Waals surface area contributed by atoms with E-state index in [0.29, 0.717) is 18.2 Å². The summed E-state index contributed by atoms with van der Waals surface area (Å²) in [7, 11) is 0. The molecular formula is C18H21ClN2O2. The van der Waals surface area contributed by atoms with Gasteiger partial charge in [-0.15, -0.1) is 0 Å². The fourth-order valence-corrected chi connectivity index (χ4v) is 3.06. The second-order valence-corrected chi connectivity index (χ2v) is 6.35. The molecule has 23 heavy (non-hydrogen) atoms. The normalized spacial score (nSPS) is 21.5. The van der Waals surface area contributed by atoms with Gasteiger partial charge < -0.3 is 9.84 Å².